The molecule has 2 amide bonds. The molecule has 1 heterocycles. The molecule has 1 aromatic heterocycles. The smallest absolute Gasteiger partial charge is 0.338 e. The lowest BCUT2D eigenvalue weighted by molar-refractivity contribution is 0.0599. The summed E-state index contributed by atoms with van der Waals surface area (Å²) in [6.45, 7) is 0. The normalized spacial score (nSPS) is 11.4. The lowest BCUT2D eigenvalue weighted by atomic mass is 10.1. The molecule has 2 aromatic rings. The van der Waals surface area contributed by atoms with Gasteiger partial charge in [0.2, 0.25) is 17.7 Å². The molecule has 0 aliphatic heterocycles. The van der Waals surface area contributed by atoms with Gasteiger partial charge in [0.15, 0.2) is 16.1 Å². The molecular formula is C16H18N4O7S. The third-order valence-corrected chi connectivity index (χ3v) is 4.29. The summed E-state index contributed by atoms with van der Waals surface area (Å²) in [7, 11) is 0.721. The van der Waals surface area contributed by atoms with Crippen LogP contribution in [0.4, 0.5) is 10.7 Å². The molecule has 0 saturated heterocycles. The number of ether oxygens (including phenoxy) is 3. The Morgan fingerprint density at radius 2 is 1.64 bits per heavy atom. The predicted molar refractivity (Wildman–Crippen MR) is 98.1 cm³/mol. The molecule has 0 bridgehead atoms. The van der Waals surface area contributed by atoms with Crippen molar-refractivity contribution in [2.45, 2.75) is 5.37 Å². The average Bonchev–Trinajstić information content (AvgIpc) is 2.70. The van der Waals surface area contributed by atoms with E-state index in [0.29, 0.717) is 0 Å². The van der Waals surface area contributed by atoms with Gasteiger partial charge in [0.25, 0.3) is 0 Å². The van der Waals surface area contributed by atoms with E-state index in [1.54, 1.807) is 6.07 Å². The van der Waals surface area contributed by atoms with Crippen LogP contribution in [0.1, 0.15) is 21.3 Å². The summed E-state index contributed by atoms with van der Waals surface area (Å²) in [5.74, 6) is -0.648. The Morgan fingerprint density at radius 3 is 2.18 bits per heavy atom. The summed E-state index contributed by atoms with van der Waals surface area (Å²) in [6.07, 6.45) is 0. The maximum absolute atomic E-state index is 12.3. The van der Waals surface area contributed by atoms with Crippen molar-refractivity contribution in [1.29, 1.82) is 0 Å². The zero-order valence-corrected chi connectivity index (χ0v) is 16.1. The highest BCUT2D eigenvalue weighted by Gasteiger charge is 2.24. The standard InChI is InChI=1S/C16H18N4O7S/c1-25-11-8-12(26-2)18-15(17-11)20-16(22)19-13(28(23)24)9-6-4-5-7-10(9)14(21)27-3/h4-8,13,28H,1-3H3,(H2,17,18,19,20,22). The molecule has 28 heavy (non-hydrogen) atoms. The van der Waals surface area contributed by atoms with Crippen LogP contribution >= 0.6 is 0 Å². The topological polar surface area (TPSA) is 146 Å². The maximum atomic E-state index is 12.3. The largest absolute Gasteiger partial charge is 0.481 e. The molecule has 1 unspecified atom stereocenters. The van der Waals surface area contributed by atoms with Crippen molar-refractivity contribution >= 4 is 28.7 Å². The van der Waals surface area contributed by atoms with Gasteiger partial charge in [-0.05, 0) is 6.07 Å². The number of amides is 2. The fourth-order valence-corrected chi connectivity index (χ4v) is 2.88. The van der Waals surface area contributed by atoms with Gasteiger partial charge in [0, 0.05) is 5.56 Å². The molecule has 150 valence electrons. The molecular weight excluding hydrogens is 392 g/mol. The molecule has 0 radical (unpaired) electrons. The second-order valence-electron chi connectivity index (χ2n) is 5.14. The first-order valence-electron chi connectivity index (χ1n) is 7.75. The van der Waals surface area contributed by atoms with Crippen LogP contribution < -0.4 is 20.1 Å². The van der Waals surface area contributed by atoms with E-state index in [2.05, 4.69) is 25.3 Å². The lowest BCUT2D eigenvalue weighted by Gasteiger charge is -2.16. The van der Waals surface area contributed by atoms with Crippen molar-refractivity contribution in [3.05, 3.63) is 41.5 Å². The van der Waals surface area contributed by atoms with Crippen LogP contribution in [0.5, 0.6) is 11.8 Å². The van der Waals surface area contributed by atoms with Gasteiger partial charge in [-0.15, -0.1) is 0 Å². The van der Waals surface area contributed by atoms with E-state index in [-0.39, 0.29) is 28.8 Å². The van der Waals surface area contributed by atoms with Gasteiger partial charge in [0.05, 0.1) is 33.0 Å². The molecule has 12 heteroatoms. The zero-order valence-electron chi connectivity index (χ0n) is 15.2. The summed E-state index contributed by atoms with van der Waals surface area (Å²) < 4.78 is 38.0. The average molecular weight is 410 g/mol. The number of benzene rings is 1. The quantitative estimate of drug-likeness (QED) is 0.444. The first-order valence-corrected chi connectivity index (χ1v) is 8.99. The van der Waals surface area contributed by atoms with Gasteiger partial charge in [-0.25, -0.2) is 18.0 Å². The van der Waals surface area contributed by atoms with Crippen LogP contribution in [0.25, 0.3) is 0 Å². The highest BCUT2D eigenvalue weighted by molar-refractivity contribution is 7.72. The second-order valence-corrected chi connectivity index (χ2v) is 6.23. The Labute approximate surface area is 162 Å². The van der Waals surface area contributed by atoms with E-state index >= 15 is 0 Å². The number of carbonyl (C=O) groups excluding carboxylic acids is 2. The number of thiol groups is 1. The zero-order chi connectivity index (χ0) is 20.7. The Morgan fingerprint density at radius 1 is 1.04 bits per heavy atom. The van der Waals surface area contributed by atoms with E-state index in [0.717, 1.165) is 0 Å². The summed E-state index contributed by atoms with van der Waals surface area (Å²) in [5.41, 5.74) is 0.0681. The number of aromatic nitrogens is 2. The molecule has 2 N–H and O–H groups in total. The van der Waals surface area contributed by atoms with Gasteiger partial charge < -0.3 is 19.5 Å². The Kier molecular flexibility index (Phi) is 7.09. The highest BCUT2D eigenvalue weighted by atomic mass is 32.2. The molecule has 1 atom stereocenters. The summed E-state index contributed by atoms with van der Waals surface area (Å²) in [5, 5.41) is 3.07. The van der Waals surface area contributed by atoms with Crippen molar-refractivity contribution in [2.75, 3.05) is 26.6 Å². The van der Waals surface area contributed by atoms with E-state index in [1.165, 1.54) is 45.6 Å². The lowest BCUT2D eigenvalue weighted by Crippen LogP contribution is -2.34. The van der Waals surface area contributed by atoms with Gasteiger partial charge >= 0.3 is 12.0 Å². The predicted octanol–water partition coefficient (Wildman–Crippen LogP) is 0.712. The van der Waals surface area contributed by atoms with Gasteiger partial charge in [-0.1, -0.05) is 18.2 Å². The number of carbonyl (C=O) groups is 2. The first-order chi connectivity index (χ1) is 13.4. The van der Waals surface area contributed by atoms with Crippen LogP contribution in [0, 0.1) is 0 Å². The van der Waals surface area contributed by atoms with Crippen molar-refractivity contribution in [3.8, 4) is 11.8 Å². The van der Waals surface area contributed by atoms with Crippen molar-refractivity contribution < 1.29 is 32.2 Å². The summed E-state index contributed by atoms with van der Waals surface area (Å²) >= 11 is 0. The van der Waals surface area contributed by atoms with E-state index in [9.17, 15) is 18.0 Å². The van der Waals surface area contributed by atoms with Gasteiger partial charge in [-0.3, -0.25) is 5.32 Å². The number of methoxy groups -OCH3 is 3. The minimum absolute atomic E-state index is 0.00815. The van der Waals surface area contributed by atoms with Crippen molar-refractivity contribution in [1.82, 2.24) is 15.3 Å². The summed E-state index contributed by atoms with van der Waals surface area (Å²) in [4.78, 5) is 32.0. The number of anilines is 1. The fraction of sp³-hybridized carbons (Fsp3) is 0.250. The Hall–Kier alpha value is -3.41. The highest BCUT2D eigenvalue weighted by Crippen LogP contribution is 2.21. The van der Waals surface area contributed by atoms with Crippen LogP contribution in [-0.4, -0.2) is 51.7 Å². The molecule has 11 nitrogen and oxygen atoms in total. The number of esters is 1. The molecule has 2 rings (SSSR count). The van der Waals surface area contributed by atoms with Gasteiger partial charge in [0.1, 0.15) is 0 Å². The number of urea groups is 1. The number of hydrogen-bond donors (Lipinski definition) is 3. The third-order valence-electron chi connectivity index (χ3n) is 3.46. The number of rotatable bonds is 7. The minimum Gasteiger partial charge on any atom is -0.481 e. The van der Waals surface area contributed by atoms with E-state index < -0.39 is 28.1 Å². The van der Waals surface area contributed by atoms with Crippen LogP contribution in [0.15, 0.2) is 30.3 Å². The molecule has 0 fully saturated rings. The summed E-state index contributed by atoms with van der Waals surface area (Å²) in [6, 6.07) is 6.34. The van der Waals surface area contributed by atoms with Crippen LogP contribution in [-0.2, 0) is 15.4 Å². The monoisotopic (exact) mass is 410 g/mol. The Bertz CT molecular complexity index is 918. The molecule has 0 spiro atoms. The third kappa shape index (κ3) is 5.07. The molecule has 0 aliphatic rings. The number of nitrogens with zero attached hydrogens (tertiary/aromatic N) is 2. The van der Waals surface area contributed by atoms with Crippen LogP contribution in [0.3, 0.4) is 0 Å². The van der Waals surface area contributed by atoms with Crippen molar-refractivity contribution in [3.63, 3.8) is 0 Å². The second kappa shape index (κ2) is 9.50. The number of nitrogens with one attached hydrogen (secondary N) is 2. The molecule has 0 aliphatic carbocycles. The fourth-order valence-electron chi connectivity index (χ4n) is 2.21. The van der Waals surface area contributed by atoms with Crippen molar-refractivity contribution in [2.24, 2.45) is 0 Å². The molecule has 1 aromatic carbocycles. The molecule has 0 saturated carbocycles. The van der Waals surface area contributed by atoms with Crippen LogP contribution in [0.2, 0.25) is 0 Å². The first kappa shape index (κ1) is 20.9. The minimum atomic E-state index is -3.18. The van der Waals surface area contributed by atoms with E-state index in [4.69, 9.17) is 9.47 Å². The Balaban J connectivity index is 2.27. The SMILES string of the molecule is COC(=O)c1ccccc1C(NC(=O)Nc1nc(OC)cc(OC)n1)[SH](=O)=O. The number of hydrogen-bond acceptors (Lipinski definition) is 9. The van der Waals surface area contributed by atoms with E-state index in [1.807, 2.05) is 0 Å². The maximum Gasteiger partial charge on any atom is 0.338 e. The van der Waals surface area contributed by atoms with Gasteiger partial charge in [-0.2, -0.15) is 9.97 Å².